The molecule has 1 saturated heterocycles. The molecule has 0 amide bonds. The number of hydrogen-bond acceptors (Lipinski definition) is 5. The second-order valence-electron chi connectivity index (χ2n) is 4.72. The van der Waals surface area contributed by atoms with Crippen LogP contribution in [0.1, 0.15) is 12.0 Å². The number of ether oxygens (including phenoxy) is 2. The molecule has 2 rings (SSSR count). The normalized spacial score (nSPS) is 23.7. The summed E-state index contributed by atoms with van der Waals surface area (Å²) in [6.07, 6.45) is 0.632. The van der Waals surface area contributed by atoms with Crippen molar-refractivity contribution in [1.82, 2.24) is 0 Å². The van der Waals surface area contributed by atoms with Gasteiger partial charge in [0.15, 0.2) is 0 Å². The quantitative estimate of drug-likeness (QED) is 0.768. The SMILES string of the molecule is COC1(COS(=O)(=O)c2ccc(C)cc2)CCOC1. The molecule has 1 aliphatic heterocycles. The molecule has 1 aromatic carbocycles. The van der Waals surface area contributed by atoms with Crippen molar-refractivity contribution in [2.75, 3.05) is 26.9 Å². The number of rotatable bonds is 5. The summed E-state index contributed by atoms with van der Waals surface area (Å²) in [6.45, 7) is 2.78. The highest BCUT2D eigenvalue weighted by atomic mass is 32.2. The maximum atomic E-state index is 12.0. The highest BCUT2D eigenvalue weighted by Gasteiger charge is 2.37. The van der Waals surface area contributed by atoms with Gasteiger partial charge in [-0.2, -0.15) is 8.42 Å². The van der Waals surface area contributed by atoms with E-state index in [1.165, 1.54) is 19.2 Å². The average molecular weight is 286 g/mol. The summed E-state index contributed by atoms with van der Waals surface area (Å²) in [7, 11) is -2.21. The zero-order valence-electron chi connectivity index (χ0n) is 11.1. The van der Waals surface area contributed by atoms with Crippen molar-refractivity contribution in [3.05, 3.63) is 29.8 Å². The Balaban J connectivity index is 2.07. The molecule has 106 valence electrons. The predicted octanol–water partition coefficient (Wildman–Crippen LogP) is 1.51. The maximum absolute atomic E-state index is 12.0. The molecule has 0 bridgehead atoms. The van der Waals surface area contributed by atoms with Crippen molar-refractivity contribution < 1.29 is 22.1 Å². The van der Waals surface area contributed by atoms with E-state index in [2.05, 4.69) is 0 Å². The van der Waals surface area contributed by atoms with E-state index in [4.69, 9.17) is 13.7 Å². The molecule has 19 heavy (non-hydrogen) atoms. The highest BCUT2D eigenvalue weighted by molar-refractivity contribution is 7.86. The summed E-state index contributed by atoms with van der Waals surface area (Å²) in [4.78, 5) is 0.156. The second-order valence-corrected chi connectivity index (χ2v) is 6.33. The van der Waals surface area contributed by atoms with Crippen molar-refractivity contribution in [2.45, 2.75) is 23.8 Å². The van der Waals surface area contributed by atoms with E-state index < -0.39 is 15.7 Å². The van der Waals surface area contributed by atoms with Crippen LogP contribution < -0.4 is 0 Å². The Bertz CT molecular complexity index is 514. The number of methoxy groups -OCH3 is 1. The average Bonchev–Trinajstić information content (AvgIpc) is 2.87. The minimum atomic E-state index is -3.75. The van der Waals surface area contributed by atoms with E-state index >= 15 is 0 Å². The zero-order chi connectivity index (χ0) is 13.9. The lowest BCUT2D eigenvalue weighted by molar-refractivity contribution is -0.0461. The third kappa shape index (κ3) is 3.33. The lowest BCUT2D eigenvalue weighted by atomic mass is 10.1. The van der Waals surface area contributed by atoms with Crippen LogP contribution in [0.2, 0.25) is 0 Å². The molecule has 1 fully saturated rings. The molecule has 1 atom stereocenters. The van der Waals surface area contributed by atoms with Gasteiger partial charge in [-0.25, -0.2) is 0 Å². The van der Waals surface area contributed by atoms with Crippen molar-refractivity contribution in [1.29, 1.82) is 0 Å². The topological polar surface area (TPSA) is 61.8 Å². The van der Waals surface area contributed by atoms with Crippen LogP contribution in [0.25, 0.3) is 0 Å². The first-order valence-electron chi connectivity index (χ1n) is 6.06. The Morgan fingerprint density at radius 1 is 1.32 bits per heavy atom. The van der Waals surface area contributed by atoms with Crippen molar-refractivity contribution in [2.24, 2.45) is 0 Å². The first-order valence-corrected chi connectivity index (χ1v) is 7.47. The molecule has 1 heterocycles. The molecule has 0 N–H and O–H groups in total. The Morgan fingerprint density at radius 3 is 2.53 bits per heavy atom. The maximum Gasteiger partial charge on any atom is 0.297 e. The van der Waals surface area contributed by atoms with Gasteiger partial charge in [0.2, 0.25) is 0 Å². The van der Waals surface area contributed by atoms with E-state index in [1.54, 1.807) is 12.1 Å². The molecule has 0 aromatic heterocycles. The molecule has 0 saturated carbocycles. The standard InChI is InChI=1S/C13H18O5S/c1-11-3-5-12(6-4-11)19(14,15)18-10-13(16-2)7-8-17-9-13/h3-6H,7-10H2,1-2H3. The van der Waals surface area contributed by atoms with E-state index in [-0.39, 0.29) is 11.5 Å². The molecule has 1 aliphatic rings. The minimum Gasteiger partial charge on any atom is -0.378 e. The lowest BCUT2D eigenvalue weighted by Gasteiger charge is -2.24. The van der Waals surface area contributed by atoms with Gasteiger partial charge in [-0.05, 0) is 19.1 Å². The molecule has 0 radical (unpaired) electrons. The number of benzene rings is 1. The van der Waals surface area contributed by atoms with E-state index in [9.17, 15) is 8.42 Å². The summed E-state index contributed by atoms with van der Waals surface area (Å²) in [6, 6.07) is 6.55. The summed E-state index contributed by atoms with van der Waals surface area (Å²) in [5.41, 5.74) is 0.342. The summed E-state index contributed by atoms with van der Waals surface area (Å²) in [5.74, 6) is 0. The van der Waals surface area contributed by atoms with Gasteiger partial charge in [0.05, 0.1) is 18.1 Å². The van der Waals surface area contributed by atoms with Crippen LogP contribution in [0, 0.1) is 6.92 Å². The second kappa shape index (κ2) is 5.58. The van der Waals surface area contributed by atoms with Crippen LogP contribution in [-0.4, -0.2) is 40.9 Å². The van der Waals surface area contributed by atoms with E-state index in [0.29, 0.717) is 19.6 Å². The lowest BCUT2D eigenvalue weighted by Crippen LogP contribution is -2.38. The smallest absolute Gasteiger partial charge is 0.297 e. The van der Waals surface area contributed by atoms with Crippen LogP contribution in [0.4, 0.5) is 0 Å². The van der Waals surface area contributed by atoms with Gasteiger partial charge in [-0.15, -0.1) is 0 Å². The van der Waals surface area contributed by atoms with Crippen LogP contribution in [0.15, 0.2) is 29.2 Å². The van der Waals surface area contributed by atoms with Crippen LogP contribution in [0.3, 0.4) is 0 Å². The molecular formula is C13H18O5S. The Morgan fingerprint density at radius 2 is 2.00 bits per heavy atom. The zero-order valence-corrected chi connectivity index (χ0v) is 11.9. The highest BCUT2D eigenvalue weighted by Crippen LogP contribution is 2.25. The molecule has 0 aliphatic carbocycles. The monoisotopic (exact) mass is 286 g/mol. The van der Waals surface area contributed by atoms with Crippen LogP contribution in [0.5, 0.6) is 0 Å². The molecule has 1 unspecified atom stereocenters. The minimum absolute atomic E-state index is 0.0281. The van der Waals surface area contributed by atoms with Gasteiger partial charge in [-0.1, -0.05) is 17.7 Å². The molecule has 5 nitrogen and oxygen atoms in total. The van der Waals surface area contributed by atoms with Crippen LogP contribution >= 0.6 is 0 Å². The number of hydrogen-bond donors (Lipinski definition) is 0. The van der Waals surface area contributed by atoms with E-state index in [1.807, 2.05) is 6.92 Å². The first-order chi connectivity index (χ1) is 8.97. The fourth-order valence-corrected chi connectivity index (χ4v) is 2.86. The van der Waals surface area contributed by atoms with Gasteiger partial charge in [0, 0.05) is 20.1 Å². The Hall–Kier alpha value is -0.950. The van der Waals surface area contributed by atoms with Gasteiger partial charge in [0.25, 0.3) is 10.1 Å². The molecule has 1 aromatic rings. The first kappa shape index (κ1) is 14.5. The molecule has 0 spiro atoms. The molecular weight excluding hydrogens is 268 g/mol. The third-order valence-electron chi connectivity index (χ3n) is 3.29. The van der Waals surface area contributed by atoms with Crippen molar-refractivity contribution in [3.63, 3.8) is 0 Å². The fourth-order valence-electron chi connectivity index (χ4n) is 1.88. The summed E-state index contributed by atoms with van der Waals surface area (Å²) >= 11 is 0. The van der Waals surface area contributed by atoms with Gasteiger partial charge >= 0.3 is 0 Å². The van der Waals surface area contributed by atoms with Gasteiger partial charge in [0.1, 0.15) is 5.60 Å². The Labute approximate surface area is 113 Å². The summed E-state index contributed by atoms with van der Waals surface area (Å²) < 4.78 is 39.8. The fraction of sp³-hybridized carbons (Fsp3) is 0.538. The van der Waals surface area contributed by atoms with Crippen LogP contribution in [-0.2, 0) is 23.8 Å². The van der Waals surface area contributed by atoms with E-state index in [0.717, 1.165) is 5.56 Å². The summed E-state index contributed by atoms with van der Waals surface area (Å²) in [5, 5.41) is 0. The largest absolute Gasteiger partial charge is 0.378 e. The Kier molecular flexibility index (Phi) is 4.25. The van der Waals surface area contributed by atoms with Gasteiger partial charge in [-0.3, -0.25) is 4.18 Å². The van der Waals surface area contributed by atoms with Crippen molar-refractivity contribution >= 4 is 10.1 Å². The van der Waals surface area contributed by atoms with Gasteiger partial charge < -0.3 is 9.47 Å². The predicted molar refractivity (Wildman–Crippen MR) is 69.5 cm³/mol. The third-order valence-corrected chi connectivity index (χ3v) is 4.56. The molecule has 6 heteroatoms. The van der Waals surface area contributed by atoms with Crippen molar-refractivity contribution in [3.8, 4) is 0 Å². The number of aryl methyl sites for hydroxylation is 1.